The molecule has 1 aromatic heterocycles. The highest BCUT2D eigenvalue weighted by molar-refractivity contribution is 8.21. The predicted molar refractivity (Wildman–Crippen MR) is 112 cm³/mol. The smallest absolute Gasteiger partial charge is 0.0945 e. The number of unbranched alkanes of at least 4 members (excludes halogenated alkanes) is 1. The van der Waals surface area contributed by atoms with Gasteiger partial charge >= 0.3 is 0 Å². The van der Waals surface area contributed by atoms with Crippen LogP contribution in [0.25, 0.3) is 0 Å². The van der Waals surface area contributed by atoms with Crippen LogP contribution in [-0.2, 0) is 19.4 Å². The van der Waals surface area contributed by atoms with Gasteiger partial charge in [-0.2, -0.15) is 0 Å². The van der Waals surface area contributed by atoms with E-state index in [-0.39, 0.29) is 0 Å². The molecular weight excluding hydrogens is 344 g/mol. The molecule has 1 fully saturated rings. The Morgan fingerprint density at radius 1 is 1.20 bits per heavy atom. The van der Waals surface area contributed by atoms with Crippen molar-refractivity contribution in [3.63, 3.8) is 0 Å². The normalized spacial score (nSPS) is 23.2. The first kappa shape index (κ1) is 18.9. The molecule has 0 amide bonds. The third-order valence-corrected chi connectivity index (χ3v) is 8.82. The van der Waals surface area contributed by atoms with Gasteiger partial charge in [0.25, 0.3) is 0 Å². The second kappa shape index (κ2) is 9.18. The monoisotopic (exact) mass is 374 g/mol. The van der Waals surface area contributed by atoms with Gasteiger partial charge in [0, 0.05) is 29.9 Å². The molecule has 0 spiro atoms. The molecule has 4 heteroatoms. The van der Waals surface area contributed by atoms with Gasteiger partial charge in [-0.15, -0.1) is 23.5 Å². The molecule has 1 saturated heterocycles. The summed E-state index contributed by atoms with van der Waals surface area (Å²) in [5, 5.41) is 0.822. The maximum atomic E-state index is 4.20. The van der Waals surface area contributed by atoms with Crippen LogP contribution in [0.4, 0.5) is 0 Å². The topological polar surface area (TPSA) is 17.8 Å². The highest BCUT2D eigenvalue weighted by Crippen LogP contribution is 2.53. The van der Waals surface area contributed by atoms with E-state index in [0.29, 0.717) is 4.08 Å². The molecule has 0 saturated carbocycles. The van der Waals surface area contributed by atoms with Gasteiger partial charge in [0.15, 0.2) is 0 Å². The van der Waals surface area contributed by atoms with Crippen LogP contribution in [0.3, 0.4) is 0 Å². The van der Waals surface area contributed by atoms with Crippen molar-refractivity contribution < 1.29 is 0 Å². The van der Waals surface area contributed by atoms with E-state index < -0.39 is 0 Å². The van der Waals surface area contributed by atoms with E-state index in [2.05, 4.69) is 77.4 Å². The quantitative estimate of drug-likeness (QED) is 0.551. The maximum Gasteiger partial charge on any atom is 0.0945 e. The lowest BCUT2D eigenvalue weighted by Gasteiger charge is -2.28. The third kappa shape index (κ3) is 5.30. The van der Waals surface area contributed by atoms with Crippen molar-refractivity contribution in [2.75, 3.05) is 5.75 Å². The lowest BCUT2D eigenvalue weighted by atomic mass is 10.0. The van der Waals surface area contributed by atoms with Crippen LogP contribution in [-0.4, -0.2) is 24.6 Å². The summed E-state index contributed by atoms with van der Waals surface area (Å²) in [4.78, 5) is 4.20. The first-order chi connectivity index (χ1) is 12.2. The van der Waals surface area contributed by atoms with Gasteiger partial charge in [0.2, 0.25) is 0 Å². The van der Waals surface area contributed by atoms with E-state index in [1.807, 2.05) is 12.5 Å². The van der Waals surface area contributed by atoms with E-state index in [0.717, 1.165) is 18.2 Å². The largest absolute Gasteiger partial charge is 0.337 e. The van der Waals surface area contributed by atoms with Crippen molar-refractivity contribution in [2.24, 2.45) is 0 Å². The molecule has 2 nitrogen and oxygen atoms in total. The molecule has 0 radical (unpaired) electrons. The van der Waals surface area contributed by atoms with Crippen LogP contribution in [0, 0.1) is 0 Å². The van der Waals surface area contributed by atoms with Crippen molar-refractivity contribution in [2.45, 2.75) is 68.2 Å². The molecule has 2 unspecified atom stereocenters. The van der Waals surface area contributed by atoms with E-state index in [1.54, 1.807) is 0 Å². The predicted octanol–water partition coefficient (Wildman–Crippen LogP) is 5.81. The number of hydrogen-bond acceptors (Lipinski definition) is 3. The highest BCUT2D eigenvalue weighted by atomic mass is 32.2. The second-order valence-electron chi connectivity index (χ2n) is 7.00. The van der Waals surface area contributed by atoms with Gasteiger partial charge < -0.3 is 4.57 Å². The number of thioether (sulfide) groups is 2. The standard InChI is InChI=1S/C21H30N2S2/c1-3-5-6-20-16-24-21(25-20,11-13-23-14-12-22-17-23)15-19-9-7-18(4-2)8-10-19/h7-10,12,14,17,20H,3-6,11,13,15-16H2,1-2H3. The first-order valence-electron chi connectivity index (χ1n) is 9.58. The Labute approximate surface area is 161 Å². The Hall–Kier alpha value is -0.870. The molecule has 136 valence electrons. The molecule has 3 rings (SSSR count). The fraction of sp³-hybridized carbons (Fsp3) is 0.571. The average molecular weight is 375 g/mol. The number of aryl methyl sites for hydroxylation is 2. The molecule has 1 aromatic carbocycles. The van der Waals surface area contributed by atoms with E-state index in [9.17, 15) is 0 Å². The fourth-order valence-electron chi connectivity index (χ4n) is 3.43. The summed E-state index contributed by atoms with van der Waals surface area (Å²) < 4.78 is 2.54. The molecule has 2 atom stereocenters. The second-order valence-corrected chi connectivity index (χ2v) is 10.3. The zero-order valence-electron chi connectivity index (χ0n) is 15.5. The highest BCUT2D eigenvalue weighted by Gasteiger charge is 2.40. The van der Waals surface area contributed by atoms with Gasteiger partial charge in [0.1, 0.15) is 0 Å². The summed E-state index contributed by atoms with van der Waals surface area (Å²) in [6.07, 6.45) is 13.5. The summed E-state index contributed by atoms with van der Waals surface area (Å²) in [5.74, 6) is 1.31. The van der Waals surface area contributed by atoms with Gasteiger partial charge in [0.05, 0.1) is 10.4 Å². The van der Waals surface area contributed by atoms with Crippen LogP contribution in [0.15, 0.2) is 43.0 Å². The minimum Gasteiger partial charge on any atom is -0.337 e. The van der Waals surface area contributed by atoms with E-state index in [1.165, 1.54) is 49.0 Å². The van der Waals surface area contributed by atoms with Gasteiger partial charge in [-0.25, -0.2) is 4.98 Å². The van der Waals surface area contributed by atoms with Gasteiger partial charge in [-0.05, 0) is 36.8 Å². The molecule has 2 heterocycles. The van der Waals surface area contributed by atoms with Crippen LogP contribution >= 0.6 is 23.5 Å². The van der Waals surface area contributed by atoms with Crippen molar-refractivity contribution in [1.82, 2.24) is 9.55 Å². The van der Waals surface area contributed by atoms with Crippen LogP contribution in [0.5, 0.6) is 0 Å². The molecule has 1 aliphatic heterocycles. The minimum atomic E-state index is 0.316. The van der Waals surface area contributed by atoms with Gasteiger partial charge in [-0.1, -0.05) is 51.0 Å². The van der Waals surface area contributed by atoms with Crippen LogP contribution in [0.2, 0.25) is 0 Å². The van der Waals surface area contributed by atoms with Crippen molar-refractivity contribution in [3.8, 4) is 0 Å². The molecule has 0 N–H and O–H groups in total. The number of aromatic nitrogens is 2. The van der Waals surface area contributed by atoms with Crippen molar-refractivity contribution in [3.05, 3.63) is 54.1 Å². The Kier molecular flexibility index (Phi) is 6.94. The Morgan fingerprint density at radius 2 is 2.00 bits per heavy atom. The molecule has 0 bridgehead atoms. The summed E-state index contributed by atoms with van der Waals surface area (Å²) >= 11 is 4.46. The SMILES string of the molecule is CCCCC1CSC(CCn2ccnc2)(Cc2ccc(CC)cc2)S1. The number of imidazole rings is 1. The third-order valence-electron chi connectivity index (χ3n) is 5.01. The lowest BCUT2D eigenvalue weighted by molar-refractivity contribution is 0.596. The first-order valence-corrected chi connectivity index (χ1v) is 11.4. The number of benzene rings is 1. The summed E-state index contributed by atoms with van der Waals surface area (Å²) in [6.45, 7) is 5.59. The molecule has 2 aromatic rings. The summed E-state index contributed by atoms with van der Waals surface area (Å²) in [5.41, 5.74) is 2.92. The van der Waals surface area contributed by atoms with Crippen LogP contribution in [0.1, 0.15) is 50.7 Å². The molecule has 1 aliphatic rings. The maximum absolute atomic E-state index is 4.20. The fourth-order valence-corrected chi connectivity index (χ4v) is 7.30. The molecular formula is C21H30N2S2. The van der Waals surface area contributed by atoms with Crippen molar-refractivity contribution in [1.29, 1.82) is 0 Å². The zero-order valence-corrected chi connectivity index (χ0v) is 17.1. The number of rotatable bonds is 9. The van der Waals surface area contributed by atoms with Gasteiger partial charge in [-0.3, -0.25) is 0 Å². The Bertz CT molecular complexity index is 624. The molecule has 25 heavy (non-hydrogen) atoms. The van der Waals surface area contributed by atoms with E-state index in [4.69, 9.17) is 0 Å². The zero-order chi connectivity index (χ0) is 17.5. The van der Waals surface area contributed by atoms with E-state index >= 15 is 0 Å². The molecule has 0 aliphatic carbocycles. The Balaban J connectivity index is 1.69. The lowest BCUT2D eigenvalue weighted by Crippen LogP contribution is -2.23. The van der Waals surface area contributed by atoms with Crippen molar-refractivity contribution >= 4 is 23.5 Å². The Morgan fingerprint density at radius 3 is 2.68 bits per heavy atom. The van der Waals surface area contributed by atoms with Crippen LogP contribution < -0.4 is 0 Å². The summed E-state index contributed by atoms with van der Waals surface area (Å²) in [6, 6.07) is 9.30. The minimum absolute atomic E-state index is 0.316. The summed E-state index contributed by atoms with van der Waals surface area (Å²) in [7, 11) is 0. The number of hydrogen-bond donors (Lipinski definition) is 0. The average Bonchev–Trinajstić information content (AvgIpc) is 3.29. The number of nitrogens with zero attached hydrogens (tertiary/aromatic N) is 2.